The van der Waals surface area contributed by atoms with Crippen molar-refractivity contribution < 1.29 is 4.79 Å². The lowest BCUT2D eigenvalue weighted by molar-refractivity contribution is -0.128. The Morgan fingerprint density at radius 2 is 2.26 bits per heavy atom. The number of H-pyrrole nitrogens is 1. The third-order valence-electron chi connectivity index (χ3n) is 3.64. The standard InChI is InChI=1S/C14H16ClN3O/c1-9-14(19)16-4-5-18(9)8-12-7-10-6-11(15)2-3-13(10)17-12/h2-3,6-7,9,17H,4-5,8H2,1H3,(H,16,19)/t9-/m0/s1. The smallest absolute Gasteiger partial charge is 0.237 e. The molecule has 2 heterocycles. The predicted molar refractivity (Wildman–Crippen MR) is 76.2 cm³/mol. The molecule has 5 heteroatoms. The topological polar surface area (TPSA) is 48.1 Å². The van der Waals surface area contributed by atoms with Gasteiger partial charge in [-0.1, -0.05) is 11.6 Å². The number of aromatic nitrogens is 1. The second kappa shape index (κ2) is 4.87. The molecule has 0 bridgehead atoms. The van der Waals surface area contributed by atoms with Crippen molar-refractivity contribution >= 4 is 28.4 Å². The largest absolute Gasteiger partial charge is 0.357 e. The quantitative estimate of drug-likeness (QED) is 0.884. The maximum Gasteiger partial charge on any atom is 0.237 e. The van der Waals surface area contributed by atoms with E-state index >= 15 is 0 Å². The molecular weight excluding hydrogens is 262 g/mol. The second-order valence-electron chi connectivity index (χ2n) is 4.96. The van der Waals surface area contributed by atoms with Gasteiger partial charge in [0, 0.05) is 41.3 Å². The first kappa shape index (κ1) is 12.5. The van der Waals surface area contributed by atoms with Gasteiger partial charge >= 0.3 is 0 Å². The van der Waals surface area contributed by atoms with Crippen LogP contribution in [0.3, 0.4) is 0 Å². The third-order valence-corrected chi connectivity index (χ3v) is 3.87. The van der Waals surface area contributed by atoms with E-state index in [-0.39, 0.29) is 11.9 Å². The molecule has 1 aliphatic rings. The summed E-state index contributed by atoms with van der Waals surface area (Å²) in [4.78, 5) is 17.2. The zero-order valence-electron chi connectivity index (χ0n) is 10.7. The summed E-state index contributed by atoms with van der Waals surface area (Å²) in [7, 11) is 0. The summed E-state index contributed by atoms with van der Waals surface area (Å²) < 4.78 is 0. The van der Waals surface area contributed by atoms with Gasteiger partial charge in [0.2, 0.25) is 5.91 Å². The van der Waals surface area contributed by atoms with E-state index in [2.05, 4.69) is 21.3 Å². The Morgan fingerprint density at radius 1 is 1.42 bits per heavy atom. The van der Waals surface area contributed by atoms with Gasteiger partial charge in [-0.2, -0.15) is 0 Å². The Balaban J connectivity index is 1.83. The number of nitrogens with zero attached hydrogens (tertiary/aromatic N) is 1. The lowest BCUT2D eigenvalue weighted by Crippen LogP contribution is -2.53. The van der Waals surface area contributed by atoms with Crippen LogP contribution in [0.1, 0.15) is 12.6 Å². The van der Waals surface area contributed by atoms with Gasteiger partial charge in [0.05, 0.1) is 6.04 Å². The highest BCUT2D eigenvalue weighted by molar-refractivity contribution is 6.31. The number of carbonyl (C=O) groups excluding carboxylic acids is 1. The number of carbonyl (C=O) groups is 1. The van der Waals surface area contributed by atoms with Crippen LogP contribution in [-0.2, 0) is 11.3 Å². The van der Waals surface area contributed by atoms with Crippen molar-refractivity contribution in [3.63, 3.8) is 0 Å². The van der Waals surface area contributed by atoms with Crippen LogP contribution < -0.4 is 5.32 Å². The highest BCUT2D eigenvalue weighted by Crippen LogP contribution is 2.21. The first-order valence-corrected chi connectivity index (χ1v) is 6.80. The first-order valence-electron chi connectivity index (χ1n) is 6.42. The van der Waals surface area contributed by atoms with Gasteiger partial charge in [-0.25, -0.2) is 0 Å². The van der Waals surface area contributed by atoms with Crippen LogP contribution in [0, 0.1) is 0 Å². The fourth-order valence-corrected chi connectivity index (χ4v) is 2.69. The second-order valence-corrected chi connectivity index (χ2v) is 5.40. The number of piperazine rings is 1. The van der Waals surface area contributed by atoms with E-state index < -0.39 is 0 Å². The molecule has 19 heavy (non-hydrogen) atoms. The Labute approximate surface area is 116 Å². The highest BCUT2D eigenvalue weighted by Gasteiger charge is 2.25. The monoisotopic (exact) mass is 277 g/mol. The normalized spacial score (nSPS) is 20.7. The summed E-state index contributed by atoms with van der Waals surface area (Å²) in [6.45, 7) is 4.28. The van der Waals surface area contributed by atoms with Crippen molar-refractivity contribution in [2.24, 2.45) is 0 Å². The molecule has 1 aromatic carbocycles. The Morgan fingerprint density at radius 3 is 3.11 bits per heavy atom. The van der Waals surface area contributed by atoms with Gasteiger partial charge in [0.25, 0.3) is 0 Å². The SMILES string of the molecule is C[C@H]1C(=O)NCCN1Cc1cc2cc(Cl)ccc2[nH]1. The molecule has 0 spiro atoms. The van der Waals surface area contributed by atoms with E-state index in [4.69, 9.17) is 11.6 Å². The average Bonchev–Trinajstić information content (AvgIpc) is 2.76. The molecule has 100 valence electrons. The molecule has 1 aromatic heterocycles. The molecule has 3 rings (SSSR count). The molecule has 0 saturated carbocycles. The lowest BCUT2D eigenvalue weighted by Gasteiger charge is -2.32. The maximum atomic E-state index is 11.6. The number of hydrogen-bond donors (Lipinski definition) is 2. The van der Waals surface area contributed by atoms with Crippen molar-refractivity contribution in [2.45, 2.75) is 19.5 Å². The molecule has 2 N–H and O–H groups in total. The van der Waals surface area contributed by atoms with Gasteiger partial charge in [-0.05, 0) is 31.2 Å². The van der Waals surface area contributed by atoms with Crippen LogP contribution >= 0.6 is 11.6 Å². The number of aromatic amines is 1. The molecule has 1 aliphatic heterocycles. The van der Waals surface area contributed by atoms with Crippen LogP contribution in [0.25, 0.3) is 10.9 Å². The van der Waals surface area contributed by atoms with Crippen LogP contribution in [0.5, 0.6) is 0 Å². The van der Waals surface area contributed by atoms with Crippen molar-refractivity contribution in [3.05, 3.63) is 35.0 Å². The van der Waals surface area contributed by atoms with Crippen molar-refractivity contribution in [1.29, 1.82) is 0 Å². The summed E-state index contributed by atoms with van der Waals surface area (Å²) >= 11 is 5.98. The van der Waals surface area contributed by atoms with Gasteiger partial charge in [0.1, 0.15) is 0 Å². The van der Waals surface area contributed by atoms with Crippen molar-refractivity contribution in [1.82, 2.24) is 15.2 Å². The minimum atomic E-state index is -0.0799. The highest BCUT2D eigenvalue weighted by atomic mass is 35.5. The van der Waals surface area contributed by atoms with E-state index in [1.54, 1.807) is 0 Å². The Bertz CT molecular complexity index is 622. The maximum absolute atomic E-state index is 11.6. The van der Waals surface area contributed by atoms with E-state index in [9.17, 15) is 4.79 Å². The van der Waals surface area contributed by atoms with Crippen LogP contribution in [0.15, 0.2) is 24.3 Å². The minimum absolute atomic E-state index is 0.0799. The number of nitrogens with one attached hydrogen (secondary N) is 2. The van der Waals surface area contributed by atoms with Gasteiger partial charge in [0.15, 0.2) is 0 Å². The molecule has 1 amide bonds. The van der Waals surface area contributed by atoms with Gasteiger partial charge in [-0.15, -0.1) is 0 Å². The summed E-state index contributed by atoms with van der Waals surface area (Å²) in [5, 5.41) is 4.72. The van der Waals surface area contributed by atoms with Crippen molar-refractivity contribution in [2.75, 3.05) is 13.1 Å². The third kappa shape index (κ3) is 2.46. The van der Waals surface area contributed by atoms with Crippen molar-refractivity contribution in [3.8, 4) is 0 Å². The zero-order valence-corrected chi connectivity index (χ0v) is 11.5. The number of benzene rings is 1. The minimum Gasteiger partial charge on any atom is -0.357 e. The molecule has 1 saturated heterocycles. The lowest BCUT2D eigenvalue weighted by atomic mass is 10.2. The van der Waals surface area contributed by atoms with E-state index in [1.807, 2.05) is 25.1 Å². The average molecular weight is 278 g/mol. The number of amides is 1. The van der Waals surface area contributed by atoms with E-state index in [0.29, 0.717) is 0 Å². The summed E-state index contributed by atoms with van der Waals surface area (Å²) in [5.74, 6) is 0.102. The molecule has 4 nitrogen and oxygen atoms in total. The number of hydrogen-bond acceptors (Lipinski definition) is 2. The van der Waals surface area contributed by atoms with E-state index in [1.165, 1.54) is 0 Å². The van der Waals surface area contributed by atoms with E-state index in [0.717, 1.165) is 41.3 Å². The fraction of sp³-hybridized carbons (Fsp3) is 0.357. The van der Waals surface area contributed by atoms with Crippen LogP contribution in [0.4, 0.5) is 0 Å². The summed E-state index contributed by atoms with van der Waals surface area (Å²) in [6, 6.07) is 7.82. The number of halogens is 1. The molecular formula is C14H16ClN3O. The summed E-state index contributed by atoms with van der Waals surface area (Å²) in [5.41, 5.74) is 2.19. The van der Waals surface area contributed by atoms with Crippen LogP contribution in [-0.4, -0.2) is 34.9 Å². The summed E-state index contributed by atoms with van der Waals surface area (Å²) in [6.07, 6.45) is 0. The fourth-order valence-electron chi connectivity index (χ4n) is 2.51. The number of fused-ring (bicyclic) bond motifs is 1. The molecule has 0 aliphatic carbocycles. The Hall–Kier alpha value is -1.52. The van der Waals surface area contributed by atoms with Gasteiger partial charge < -0.3 is 10.3 Å². The Kier molecular flexibility index (Phi) is 3.21. The first-order chi connectivity index (χ1) is 9.13. The molecule has 1 fully saturated rings. The van der Waals surface area contributed by atoms with Gasteiger partial charge in [-0.3, -0.25) is 9.69 Å². The van der Waals surface area contributed by atoms with Crippen LogP contribution in [0.2, 0.25) is 5.02 Å². The predicted octanol–water partition coefficient (Wildman–Crippen LogP) is 2.14. The molecule has 0 radical (unpaired) electrons. The molecule has 1 atom stereocenters. The zero-order chi connectivity index (χ0) is 13.4. The number of rotatable bonds is 2. The molecule has 2 aromatic rings. The molecule has 0 unspecified atom stereocenters.